The number of benzene rings is 3. The number of nitriles is 1. The van der Waals surface area contributed by atoms with Crippen LogP contribution in [0.1, 0.15) is 11.1 Å². The van der Waals surface area contributed by atoms with Gasteiger partial charge >= 0.3 is 0 Å². The molecule has 0 saturated heterocycles. The Labute approximate surface area is 191 Å². The van der Waals surface area contributed by atoms with E-state index in [1.807, 2.05) is 54.6 Å². The lowest BCUT2D eigenvalue weighted by Crippen LogP contribution is -2.17. The topological polar surface area (TPSA) is 101 Å². The van der Waals surface area contributed by atoms with Crippen molar-refractivity contribution in [2.75, 3.05) is 4.72 Å². The molecule has 0 bridgehead atoms. The van der Waals surface area contributed by atoms with E-state index in [4.69, 9.17) is 4.98 Å². The highest BCUT2D eigenvalue weighted by Crippen LogP contribution is 2.31. The summed E-state index contributed by atoms with van der Waals surface area (Å²) in [4.78, 5) is 9.49. The van der Waals surface area contributed by atoms with Crippen LogP contribution >= 0.6 is 0 Å². The summed E-state index contributed by atoms with van der Waals surface area (Å²) in [7, 11) is -3.92. The summed E-state index contributed by atoms with van der Waals surface area (Å²) in [6, 6.07) is 27.5. The molecule has 2 aromatic heterocycles. The Hall–Kier alpha value is -4.22. The van der Waals surface area contributed by atoms with Crippen molar-refractivity contribution in [3.05, 3.63) is 96.1 Å². The van der Waals surface area contributed by atoms with E-state index in [0.717, 1.165) is 5.56 Å². The monoisotopic (exact) mass is 453 g/mol. The van der Waals surface area contributed by atoms with E-state index < -0.39 is 10.0 Å². The van der Waals surface area contributed by atoms with Crippen molar-refractivity contribution in [3.63, 3.8) is 0 Å². The van der Waals surface area contributed by atoms with Crippen molar-refractivity contribution in [1.29, 1.82) is 5.26 Å². The van der Waals surface area contributed by atoms with E-state index in [1.54, 1.807) is 22.8 Å². The Balaban J connectivity index is 1.70. The number of rotatable bonds is 6. The lowest BCUT2D eigenvalue weighted by Gasteiger charge is -2.13. The summed E-state index contributed by atoms with van der Waals surface area (Å²) in [5.41, 5.74) is 3.38. The minimum absolute atomic E-state index is 0.111. The van der Waals surface area contributed by atoms with Crippen molar-refractivity contribution < 1.29 is 8.42 Å². The summed E-state index contributed by atoms with van der Waals surface area (Å²) in [5, 5.41) is 9.99. The molecule has 0 unspecified atom stereocenters. The normalized spacial score (nSPS) is 11.5. The first-order valence-electron chi connectivity index (χ1n) is 10.4. The Kier molecular flexibility index (Phi) is 5.24. The fourth-order valence-electron chi connectivity index (χ4n) is 3.80. The van der Waals surface area contributed by atoms with Gasteiger partial charge in [-0.1, -0.05) is 60.7 Å². The average Bonchev–Trinajstić information content (AvgIpc) is 3.12. The van der Waals surface area contributed by atoms with Crippen LogP contribution in [0.4, 0.5) is 5.82 Å². The minimum atomic E-state index is -3.92. The van der Waals surface area contributed by atoms with Crippen LogP contribution < -0.4 is 4.72 Å². The van der Waals surface area contributed by atoms with Gasteiger partial charge in [0.15, 0.2) is 5.65 Å². The molecule has 5 rings (SSSR count). The highest BCUT2D eigenvalue weighted by atomic mass is 32.2. The lowest BCUT2D eigenvalue weighted by molar-refractivity contribution is 0.600. The number of hydrogen-bond acceptors (Lipinski definition) is 5. The zero-order valence-corrected chi connectivity index (χ0v) is 18.3. The number of fused-ring (bicyclic) bond motifs is 2. The molecule has 1 N–H and O–H groups in total. The number of nitrogens with zero attached hydrogens (tertiary/aromatic N) is 4. The molecule has 0 aliphatic rings. The number of nitrogens with one attached hydrogen (secondary N) is 1. The van der Waals surface area contributed by atoms with Crippen LogP contribution in [0.5, 0.6) is 0 Å². The standard InChI is InChI=1S/C25H19N5O2S/c26-17-20-23-25(28-22-14-8-7-13-21(22)27-23)30(16-15-18-9-3-1-4-10-18)24(20)29-33(31,32)19-11-5-2-6-12-19/h1-14,29H,15-16H2. The third-order valence-electron chi connectivity index (χ3n) is 5.41. The molecule has 162 valence electrons. The van der Waals surface area contributed by atoms with E-state index in [0.29, 0.717) is 35.2 Å². The van der Waals surface area contributed by atoms with Gasteiger partial charge in [0.05, 0.1) is 15.9 Å². The van der Waals surface area contributed by atoms with Crippen molar-refractivity contribution >= 4 is 38.0 Å². The van der Waals surface area contributed by atoms with Crippen molar-refractivity contribution in [1.82, 2.24) is 14.5 Å². The van der Waals surface area contributed by atoms with Gasteiger partial charge in [-0.05, 0) is 36.2 Å². The van der Waals surface area contributed by atoms with Crippen molar-refractivity contribution in [2.45, 2.75) is 17.9 Å². The third kappa shape index (κ3) is 3.90. The number of anilines is 1. The van der Waals surface area contributed by atoms with E-state index in [1.165, 1.54) is 12.1 Å². The van der Waals surface area contributed by atoms with Gasteiger partial charge in [0, 0.05) is 6.54 Å². The molecule has 0 fully saturated rings. The summed E-state index contributed by atoms with van der Waals surface area (Å²) in [6.07, 6.45) is 0.629. The Morgan fingerprint density at radius 3 is 2.12 bits per heavy atom. The van der Waals surface area contributed by atoms with Gasteiger partial charge in [-0.3, -0.25) is 4.72 Å². The maximum Gasteiger partial charge on any atom is 0.263 e. The third-order valence-corrected chi connectivity index (χ3v) is 6.77. The predicted octanol–water partition coefficient (Wildman–Crippen LogP) is 4.50. The van der Waals surface area contributed by atoms with Gasteiger partial charge < -0.3 is 4.57 Å². The molecular formula is C25H19N5O2S. The van der Waals surface area contributed by atoms with Crippen LogP contribution in [0.2, 0.25) is 0 Å². The van der Waals surface area contributed by atoms with Gasteiger partial charge in [-0.25, -0.2) is 18.4 Å². The molecule has 7 nitrogen and oxygen atoms in total. The number of para-hydroxylation sites is 2. The van der Waals surface area contributed by atoms with E-state index in [9.17, 15) is 13.7 Å². The molecule has 0 aliphatic heterocycles. The summed E-state index contributed by atoms with van der Waals surface area (Å²) >= 11 is 0. The second-order valence-corrected chi connectivity index (χ2v) is 9.21. The Morgan fingerprint density at radius 1 is 0.848 bits per heavy atom. The smallest absolute Gasteiger partial charge is 0.263 e. The van der Waals surface area contributed by atoms with E-state index in [-0.39, 0.29) is 16.3 Å². The van der Waals surface area contributed by atoms with Crippen LogP contribution in [-0.4, -0.2) is 23.0 Å². The second kappa shape index (κ2) is 8.37. The minimum Gasteiger partial charge on any atom is -0.309 e. The van der Waals surface area contributed by atoms with Crippen molar-refractivity contribution in [2.24, 2.45) is 0 Å². The van der Waals surface area contributed by atoms with Gasteiger partial charge in [0.2, 0.25) is 0 Å². The van der Waals surface area contributed by atoms with E-state index in [2.05, 4.69) is 15.8 Å². The van der Waals surface area contributed by atoms with Crippen LogP contribution in [0.15, 0.2) is 89.8 Å². The summed E-state index contributed by atoms with van der Waals surface area (Å²) in [5.74, 6) is 0.169. The molecule has 0 saturated carbocycles. The molecule has 3 aromatic carbocycles. The molecule has 0 atom stereocenters. The van der Waals surface area contributed by atoms with Crippen LogP contribution in [-0.2, 0) is 23.0 Å². The van der Waals surface area contributed by atoms with E-state index >= 15 is 0 Å². The Bertz CT molecular complexity index is 1610. The Morgan fingerprint density at radius 2 is 1.45 bits per heavy atom. The molecule has 5 aromatic rings. The van der Waals surface area contributed by atoms with Gasteiger partial charge in [0.25, 0.3) is 10.0 Å². The summed E-state index contributed by atoms with van der Waals surface area (Å²) in [6.45, 7) is 0.419. The molecule has 33 heavy (non-hydrogen) atoms. The SMILES string of the molecule is N#Cc1c(NS(=O)(=O)c2ccccc2)n(CCc2ccccc2)c2nc3ccccc3nc12. The first-order valence-corrected chi connectivity index (χ1v) is 11.9. The molecule has 0 amide bonds. The van der Waals surface area contributed by atoms with Gasteiger partial charge in [-0.2, -0.15) is 5.26 Å². The number of hydrogen-bond donors (Lipinski definition) is 1. The quantitative estimate of drug-likeness (QED) is 0.408. The van der Waals surface area contributed by atoms with Gasteiger partial charge in [-0.15, -0.1) is 0 Å². The number of aryl methyl sites for hydroxylation is 2. The van der Waals surface area contributed by atoms with Crippen LogP contribution in [0.3, 0.4) is 0 Å². The highest BCUT2D eigenvalue weighted by Gasteiger charge is 2.25. The second-order valence-electron chi connectivity index (χ2n) is 7.53. The zero-order valence-electron chi connectivity index (χ0n) is 17.5. The fraction of sp³-hybridized carbons (Fsp3) is 0.0800. The number of aromatic nitrogens is 3. The zero-order chi connectivity index (χ0) is 22.8. The highest BCUT2D eigenvalue weighted by molar-refractivity contribution is 7.92. The molecular weight excluding hydrogens is 434 g/mol. The molecule has 2 heterocycles. The maximum atomic E-state index is 13.1. The van der Waals surface area contributed by atoms with Crippen molar-refractivity contribution in [3.8, 4) is 6.07 Å². The molecule has 0 radical (unpaired) electrons. The first kappa shape index (κ1) is 20.7. The molecule has 0 spiro atoms. The molecule has 8 heteroatoms. The van der Waals surface area contributed by atoms with Crippen LogP contribution in [0.25, 0.3) is 22.2 Å². The lowest BCUT2D eigenvalue weighted by atomic mass is 10.1. The maximum absolute atomic E-state index is 13.1. The largest absolute Gasteiger partial charge is 0.309 e. The van der Waals surface area contributed by atoms with Crippen LogP contribution in [0, 0.1) is 11.3 Å². The average molecular weight is 454 g/mol. The number of sulfonamides is 1. The fourth-order valence-corrected chi connectivity index (χ4v) is 4.90. The summed E-state index contributed by atoms with van der Waals surface area (Å²) < 4.78 is 30.6. The van der Waals surface area contributed by atoms with Gasteiger partial charge in [0.1, 0.15) is 23.0 Å². The predicted molar refractivity (Wildman–Crippen MR) is 127 cm³/mol. The first-order chi connectivity index (χ1) is 16.1. The molecule has 0 aliphatic carbocycles.